The second-order valence-corrected chi connectivity index (χ2v) is 6.36. The summed E-state index contributed by atoms with van der Waals surface area (Å²) in [5, 5.41) is 18.8. The van der Waals surface area contributed by atoms with Crippen LogP contribution in [0.15, 0.2) is 53.3 Å². The van der Waals surface area contributed by atoms with E-state index in [1.54, 1.807) is 18.2 Å². The van der Waals surface area contributed by atoms with E-state index in [4.69, 9.17) is 4.42 Å². The van der Waals surface area contributed by atoms with Crippen LogP contribution in [-0.2, 0) is 0 Å². The topological polar surface area (TPSA) is 92.3 Å². The Hall–Kier alpha value is -3.43. The van der Waals surface area contributed by atoms with Gasteiger partial charge in [-0.2, -0.15) is 18.3 Å². The van der Waals surface area contributed by atoms with Crippen LogP contribution in [0, 0.1) is 0 Å². The molecule has 28 heavy (non-hydrogen) atoms. The Balaban J connectivity index is 1.68. The third-order valence-corrected chi connectivity index (χ3v) is 4.47. The third-order valence-electron chi connectivity index (χ3n) is 4.47. The number of fused-ring (bicyclic) bond motifs is 1. The summed E-state index contributed by atoms with van der Waals surface area (Å²) in [7, 11) is 0. The van der Waals surface area contributed by atoms with E-state index in [1.165, 1.54) is 24.5 Å². The van der Waals surface area contributed by atoms with Crippen molar-refractivity contribution in [3.05, 3.63) is 60.2 Å². The standard InChI is InChI=1S/C18H15F3N4O3/c19-18(20,21)15-8-13(14-5-2-6-28-14)24-16-12(9-22-25(15)16)17(27)23-10-3-1-4-11(26)7-10/h1-7,9,13,15,24,26H,8H2,(H,23,27). The molecule has 1 aliphatic rings. The van der Waals surface area contributed by atoms with Crippen LogP contribution in [0.3, 0.4) is 0 Å². The highest BCUT2D eigenvalue weighted by atomic mass is 19.4. The lowest BCUT2D eigenvalue weighted by Crippen LogP contribution is -2.36. The Labute approximate surface area is 156 Å². The van der Waals surface area contributed by atoms with Gasteiger partial charge in [0.15, 0.2) is 6.04 Å². The number of furan rings is 1. The molecule has 3 aromatic rings. The van der Waals surface area contributed by atoms with E-state index >= 15 is 0 Å². The van der Waals surface area contributed by atoms with Crippen LogP contribution in [0.2, 0.25) is 0 Å². The fraction of sp³-hybridized carbons (Fsp3) is 0.222. The van der Waals surface area contributed by atoms with E-state index in [2.05, 4.69) is 15.7 Å². The molecule has 3 heterocycles. The number of amides is 1. The molecule has 1 amide bonds. The first-order valence-electron chi connectivity index (χ1n) is 8.37. The lowest BCUT2D eigenvalue weighted by molar-refractivity contribution is -0.174. The summed E-state index contributed by atoms with van der Waals surface area (Å²) in [6.07, 6.45) is -2.41. The first-order valence-corrected chi connectivity index (χ1v) is 8.37. The van der Waals surface area contributed by atoms with Gasteiger partial charge in [-0.3, -0.25) is 4.79 Å². The van der Waals surface area contributed by atoms with Gasteiger partial charge in [0.1, 0.15) is 22.9 Å². The fourth-order valence-electron chi connectivity index (χ4n) is 3.19. The van der Waals surface area contributed by atoms with Crippen molar-refractivity contribution >= 4 is 17.4 Å². The number of aromatic hydroxyl groups is 1. The van der Waals surface area contributed by atoms with Crippen LogP contribution in [-0.4, -0.2) is 27.0 Å². The largest absolute Gasteiger partial charge is 0.508 e. The summed E-state index contributed by atoms with van der Waals surface area (Å²) in [6.45, 7) is 0. The maximum atomic E-state index is 13.6. The summed E-state index contributed by atoms with van der Waals surface area (Å²) in [6, 6.07) is 6.32. The van der Waals surface area contributed by atoms with E-state index in [0.29, 0.717) is 11.4 Å². The molecule has 7 nitrogen and oxygen atoms in total. The number of phenols is 1. The Bertz CT molecular complexity index is 998. The van der Waals surface area contributed by atoms with Gasteiger partial charge in [-0.05, 0) is 24.3 Å². The molecule has 1 aromatic carbocycles. The molecule has 0 spiro atoms. The number of nitrogens with one attached hydrogen (secondary N) is 2. The first kappa shape index (κ1) is 18.0. The van der Waals surface area contributed by atoms with Crippen molar-refractivity contribution in [2.75, 3.05) is 10.6 Å². The number of phenolic OH excluding ortho intramolecular Hbond substituents is 1. The zero-order valence-corrected chi connectivity index (χ0v) is 14.3. The van der Waals surface area contributed by atoms with Crippen LogP contribution < -0.4 is 10.6 Å². The number of rotatable bonds is 3. The summed E-state index contributed by atoms with van der Waals surface area (Å²) in [5.41, 5.74) is 0.254. The van der Waals surface area contributed by atoms with Gasteiger partial charge in [-0.15, -0.1) is 0 Å². The minimum Gasteiger partial charge on any atom is -0.508 e. The number of halogens is 3. The van der Waals surface area contributed by atoms with Gasteiger partial charge in [-0.25, -0.2) is 4.68 Å². The second kappa shape index (κ2) is 6.63. The number of hydrogen-bond acceptors (Lipinski definition) is 5. The first-order chi connectivity index (χ1) is 13.3. The van der Waals surface area contributed by atoms with Crippen molar-refractivity contribution in [2.24, 2.45) is 0 Å². The SMILES string of the molecule is O=C(Nc1cccc(O)c1)c1cnn2c1NC(c1ccco1)CC2C(F)(F)F. The van der Waals surface area contributed by atoms with Crippen molar-refractivity contribution in [3.8, 4) is 5.75 Å². The number of aromatic nitrogens is 2. The van der Waals surface area contributed by atoms with E-state index < -0.39 is 24.2 Å². The summed E-state index contributed by atoms with van der Waals surface area (Å²) in [5.74, 6) is -0.419. The average Bonchev–Trinajstić information content (AvgIpc) is 3.29. The molecule has 0 radical (unpaired) electrons. The van der Waals surface area contributed by atoms with E-state index in [1.807, 2.05) is 0 Å². The molecule has 0 saturated heterocycles. The Morgan fingerprint density at radius 3 is 2.82 bits per heavy atom. The lowest BCUT2D eigenvalue weighted by atomic mass is 10.0. The molecule has 0 aliphatic carbocycles. The van der Waals surface area contributed by atoms with Gasteiger partial charge in [-0.1, -0.05) is 6.07 Å². The molecule has 1 aliphatic heterocycles. The average molecular weight is 392 g/mol. The minimum atomic E-state index is -4.55. The van der Waals surface area contributed by atoms with E-state index in [9.17, 15) is 23.1 Å². The maximum Gasteiger partial charge on any atom is 0.410 e. The fourth-order valence-corrected chi connectivity index (χ4v) is 3.19. The highest BCUT2D eigenvalue weighted by Gasteiger charge is 2.47. The molecular formula is C18H15F3N4O3. The molecule has 2 atom stereocenters. The molecule has 0 fully saturated rings. The van der Waals surface area contributed by atoms with E-state index in [0.717, 1.165) is 10.9 Å². The van der Waals surface area contributed by atoms with Crippen LogP contribution in [0.5, 0.6) is 5.75 Å². The molecule has 0 saturated carbocycles. The summed E-state index contributed by atoms with van der Waals surface area (Å²) in [4.78, 5) is 12.6. The smallest absolute Gasteiger partial charge is 0.410 e. The number of alkyl halides is 3. The van der Waals surface area contributed by atoms with Crippen molar-refractivity contribution in [3.63, 3.8) is 0 Å². The zero-order chi connectivity index (χ0) is 19.9. The normalized spacial score (nSPS) is 19.0. The quantitative estimate of drug-likeness (QED) is 0.624. The predicted octanol–water partition coefficient (Wildman–Crippen LogP) is 4.09. The lowest BCUT2D eigenvalue weighted by Gasteiger charge is -2.32. The van der Waals surface area contributed by atoms with Gasteiger partial charge in [0, 0.05) is 18.2 Å². The van der Waals surface area contributed by atoms with Crippen molar-refractivity contribution < 1.29 is 27.5 Å². The molecule has 2 unspecified atom stereocenters. The molecule has 0 bridgehead atoms. The Morgan fingerprint density at radius 2 is 2.14 bits per heavy atom. The molecular weight excluding hydrogens is 377 g/mol. The van der Waals surface area contributed by atoms with E-state index in [-0.39, 0.29) is 23.6 Å². The molecule has 4 rings (SSSR count). The van der Waals surface area contributed by atoms with Gasteiger partial charge < -0.3 is 20.2 Å². The van der Waals surface area contributed by atoms with Crippen molar-refractivity contribution in [1.29, 1.82) is 0 Å². The van der Waals surface area contributed by atoms with Crippen LogP contribution in [0.1, 0.15) is 34.6 Å². The van der Waals surface area contributed by atoms with Crippen LogP contribution in [0.25, 0.3) is 0 Å². The summed E-state index contributed by atoms with van der Waals surface area (Å²) >= 11 is 0. The Morgan fingerprint density at radius 1 is 1.32 bits per heavy atom. The van der Waals surface area contributed by atoms with Crippen molar-refractivity contribution in [1.82, 2.24) is 9.78 Å². The maximum absolute atomic E-state index is 13.6. The van der Waals surface area contributed by atoms with Gasteiger partial charge in [0.05, 0.1) is 18.5 Å². The number of nitrogens with zero attached hydrogens (tertiary/aromatic N) is 2. The van der Waals surface area contributed by atoms with Crippen LogP contribution >= 0.6 is 0 Å². The van der Waals surface area contributed by atoms with Crippen LogP contribution in [0.4, 0.5) is 24.7 Å². The second-order valence-electron chi connectivity index (χ2n) is 6.36. The number of carbonyl (C=O) groups excluding carboxylic acids is 1. The number of hydrogen-bond donors (Lipinski definition) is 3. The number of anilines is 2. The zero-order valence-electron chi connectivity index (χ0n) is 14.3. The van der Waals surface area contributed by atoms with Crippen molar-refractivity contribution in [2.45, 2.75) is 24.7 Å². The number of benzene rings is 1. The third kappa shape index (κ3) is 3.28. The highest BCUT2D eigenvalue weighted by molar-refractivity contribution is 6.07. The molecule has 146 valence electrons. The van der Waals surface area contributed by atoms with Gasteiger partial charge in [0.2, 0.25) is 0 Å². The number of carbonyl (C=O) groups is 1. The predicted molar refractivity (Wildman–Crippen MR) is 93.1 cm³/mol. The molecule has 3 N–H and O–H groups in total. The summed E-state index contributed by atoms with van der Waals surface area (Å²) < 4.78 is 46.8. The minimum absolute atomic E-state index is 0.0474. The van der Waals surface area contributed by atoms with Gasteiger partial charge in [0.25, 0.3) is 5.91 Å². The highest BCUT2D eigenvalue weighted by Crippen LogP contribution is 2.44. The van der Waals surface area contributed by atoms with Gasteiger partial charge >= 0.3 is 6.18 Å². The molecule has 10 heteroatoms. The monoisotopic (exact) mass is 392 g/mol. The Kier molecular flexibility index (Phi) is 4.25. The molecule has 2 aromatic heterocycles.